The number of halogens is 1. The van der Waals surface area contributed by atoms with Crippen LogP contribution < -0.4 is 14.8 Å². The smallest absolute Gasteiger partial charge is 0.179 e. The maximum atomic E-state index is 6.17. The van der Waals surface area contributed by atoms with E-state index in [1.54, 1.807) is 14.2 Å². The second-order valence-electron chi connectivity index (χ2n) is 4.76. The number of hydrogen-bond acceptors (Lipinski definition) is 3. The lowest BCUT2D eigenvalue weighted by molar-refractivity contribution is 0.355. The molecule has 0 atom stereocenters. The van der Waals surface area contributed by atoms with Gasteiger partial charge in [-0.2, -0.15) is 0 Å². The molecule has 19 heavy (non-hydrogen) atoms. The Morgan fingerprint density at radius 2 is 2.00 bits per heavy atom. The van der Waals surface area contributed by atoms with Crippen molar-refractivity contribution in [3.8, 4) is 11.5 Å². The van der Waals surface area contributed by atoms with Crippen molar-refractivity contribution in [2.75, 3.05) is 20.8 Å². The maximum Gasteiger partial charge on any atom is 0.179 e. The zero-order chi connectivity index (χ0) is 14.4. The molecular weight excluding hydrogens is 262 g/mol. The number of hydrogen-bond donors (Lipinski definition) is 1. The first-order valence-corrected chi connectivity index (χ1v) is 6.67. The molecule has 0 bridgehead atoms. The Labute approximate surface area is 120 Å². The topological polar surface area (TPSA) is 30.5 Å². The van der Waals surface area contributed by atoms with Gasteiger partial charge in [0.2, 0.25) is 0 Å². The lowest BCUT2D eigenvalue weighted by atomic mass is 10.1. The second kappa shape index (κ2) is 7.41. The summed E-state index contributed by atoms with van der Waals surface area (Å²) in [7, 11) is 3.19. The number of nitrogens with one attached hydrogen (secondary N) is 1. The van der Waals surface area contributed by atoms with Crippen LogP contribution >= 0.6 is 11.6 Å². The minimum absolute atomic E-state index is 0.470. The van der Waals surface area contributed by atoms with Gasteiger partial charge in [-0.25, -0.2) is 0 Å². The first kappa shape index (κ1) is 15.9. The summed E-state index contributed by atoms with van der Waals surface area (Å²) >= 11 is 6.17. The SMILES string of the molecule is COc1cc(C=C(C)CNC(C)C)cc(Cl)c1OC. The van der Waals surface area contributed by atoms with Gasteiger partial charge in [0.15, 0.2) is 11.5 Å². The summed E-state index contributed by atoms with van der Waals surface area (Å²) < 4.78 is 10.5. The molecule has 0 heterocycles. The molecule has 4 heteroatoms. The summed E-state index contributed by atoms with van der Waals surface area (Å²) in [5.41, 5.74) is 2.24. The number of methoxy groups -OCH3 is 2. The highest BCUT2D eigenvalue weighted by Crippen LogP contribution is 2.36. The van der Waals surface area contributed by atoms with Crippen LogP contribution in [0.25, 0.3) is 6.08 Å². The van der Waals surface area contributed by atoms with Crippen molar-refractivity contribution in [3.05, 3.63) is 28.3 Å². The third-order valence-corrected chi connectivity index (χ3v) is 2.94. The molecule has 0 aromatic heterocycles. The van der Waals surface area contributed by atoms with Crippen molar-refractivity contribution in [2.45, 2.75) is 26.8 Å². The molecule has 1 aromatic carbocycles. The van der Waals surface area contributed by atoms with Gasteiger partial charge < -0.3 is 14.8 Å². The van der Waals surface area contributed by atoms with E-state index in [0.29, 0.717) is 22.6 Å². The molecule has 0 unspecified atom stereocenters. The quantitative estimate of drug-likeness (QED) is 0.862. The summed E-state index contributed by atoms with van der Waals surface area (Å²) in [6, 6.07) is 4.27. The highest BCUT2D eigenvalue weighted by atomic mass is 35.5. The van der Waals surface area contributed by atoms with E-state index in [-0.39, 0.29) is 0 Å². The van der Waals surface area contributed by atoms with Gasteiger partial charge in [-0.1, -0.05) is 37.1 Å². The standard InChI is InChI=1S/C15H22ClNO2/c1-10(2)17-9-11(3)6-12-7-13(16)15(19-5)14(8-12)18-4/h6-8,10,17H,9H2,1-5H3. The molecular formula is C15H22ClNO2. The highest BCUT2D eigenvalue weighted by Gasteiger charge is 2.09. The van der Waals surface area contributed by atoms with Crippen molar-refractivity contribution in [1.29, 1.82) is 0 Å². The van der Waals surface area contributed by atoms with Crippen LogP contribution in [0.3, 0.4) is 0 Å². The van der Waals surface area contributed by atoms with Crippen LogP contribution in [0.15, 0.2) is 17.7 Å². The third kappa shape index (κ3) is 4.77. The predicted octanol–water partition coefficient (Wildman–Crippen LogP) is 3.76. The van der Waals surface area contributed by atoms with E-state index in [4.69, 9.17) is 21.1 Å². The van der Waals surface area contributed by atoms with Gasteiger partial charge in [0.05, 0.1) is 19.2 Å². The van der Waals surface area contributed by atoms with Crippen LogP contribution in [-0.2, 0) is 0 Å². The van der Waals surface area contributed by atoms with Gasteiger partial charge in [0, 0.05) is 12.6 Å². The lowest BCUT2D eigenvalue weighted by Crippen LogP contribution is -2.24. The summed E-state index contributed by atoms with van der Waals surface area (Å²) in [5.74, 6) is 1.21. The largest absolute Gasteiger partial charge is 0.493 e. The lowest BCUT2D eigenvalue weighted by Gasteiger charge is -2.11. The molecule has 1 rings (SSSR count). The average Bonchev–Trinajstić information content (AvgIpc) is 2.35. The molecule has 0 amide bonds. The summed E-state index contributed by atoms with van der Waals surface area (Å²) in [6.07, 6.45) is 2.09. The molecule has 3 nitrogen and oxygen atoms in total. The Hall–Kier alpha value is -1.19. The number of benzene rings is 1. The van der Waals surface area contributed by atoms with E-state index in [1.807, 2.05) is 12.1 Å². The van der Waals surface area contributed by atoms with Crippen molar-refractivity contribution in [3.63, 3.8) is 0 Å². The van der Waals surface area contributed by atoms with Gasteiger partial charge in [0.25, 0.3) is 0 Å². The minimum atomic E-state index is 0.470. The van der Waals surface area contributed by atoms with E-state index in [0.717, 1.165) is 12.1 Å². The summed E-state index contributed by atoms with van der Waals surface area (Å²) in [5, 5.41) is 3.93. The first-order chi connectivity index (χ1) is 8.97. The fourth-order valence-electron chi connectivity index (χ4n) is 1.72. The molecule has 106 valence electrons. The van der Waals surface area contributed by atoms with E-state index in [9.17, 15) is 0 Å². The molecule has 0 spiro atoms. The molecule has 0 radical (unpaired) electrons. The molecule has 0 aliphatic heterocycles. The Bertz CT molecular complexity index is 456. The van der Waals surface area contributed by atoms with Crippen molar-refractivity contribution in [2.24, 2.45) is 0 Å². The summed E-state index contributed by atoms with van der Waals surface area (Å²) in [6.45, 7) is 7.19. The second-order valence-corrected chi connectivity index (χ2v) is 5.17. The molecule has 1 N–H and O–H groups in total. The van der Waals surface area contributed by atoms with Gasteiger partial charge in [-0.15, -0.1) is 0 Å². The van der Waals surface area contributed by atoms with Crippen LogP contribution in [0.5, 0.6) is 11.5 Å². The minimum Gasteiger partial charge on any atom is -0.493 e. The third-order valence-electron chi connectivity index (χ3n) is 2.66. The Morgan fingerprint density at radius 3 is 2.53 bits per heavy atom. The molecule has 1 aromatic rings. The molecule has 0 fully saturated rings. The molecule has 0 aliphatic rings. The van der Waals surface area contributed by atoms with Crippen LogP contribution in [0.2, 0.25) is 5.02 Å². The number of rotatable bonds is 6. The van der Waals surface area contributed by atoms with Crippen LogP contribution in [0.1, 0.15) is 26.3 Å². The zero-order valence-corrected chi connectivity index (χ0v) is 13.0. The van der Waals surface area contributed by atoms with Gasteiger partial charge in [-0.3, -0.25) is 0 Å². The highest BCUT2D eigenvalue weighted by molar-refractivity contribution is 6.32. The predicted molar refractivity (Wildman–Crippen MR) is 81.3 cm³/mol. The average molecular weight is 284 g/mol. The van der Waals surface area contributed by atoms with Crippen LogP contribution in [-0.4, -0.2) is 26.8 Å². The van der Waals surface area contributed by atoms with Crippen LogP contribution in [0.4, 0.5) is 0 Å². The van der Waals surface area contributed by atoms with Gasteiger partial charge in [-0.05, 0) is 24.6 Å². The fourth-order valence-corrected chi connectivity index (χ4v) is 2.02. The summed E-state index contributed by atoms with van der Waals surface area (Å²) in [4.78, 5) is 0. The van der Waals surface area contributed by atoms with E-state index >= 15 is 0 Å². The zero-order valence-electron chi connectivity index (χ0n) is 12.2. The van der Waals surface area contributed by atoms with E-state index in [1.165, 1.54) is 5.57 Å². The Kier molecular flexibility index (Phi) is 6.19. The Balaban J connectivity index is 2.95. The van der Waals surface area contributed by atoms with Crippen molar-refractivity contribution < 1.29 is 9.47 Å². The first-order valence-electron chi connectivity index (χ1n) is 6.30. The van der Waals surface area contributed by atoms with Gasteiger partial charge in [0.1, 0.15) is 0 Å². The maximum absolute atomic E-state index is 6.17. The monoisotopic (exact) mass is 283 g/mol. The van der Waals surface area contributed by atoms with E-state index < -0.39 is 0 Å². The molecule has 0 saturated heterocycles. The van der Waals surface area contributed by atoms with Crippen LogP contribution in [0, 0.1) is 0 Å². The molecule has 0 aliphatic carbocycles. The Morgan fingerprint density at radius 1 is 1.32 bits per heavy atom. The van der Waals surface area contributed by atoms with E-state index in [2.05, 4.69) is 32.2 Å². The van der Waals surface area contributed by atoms with Gasteiger partial charge >= 0.3 is 0 Å². The fraction of sp³-hybridized carbons (Fsp3) is 0.467. The normalized spacial score (nSPS) is 11.8. The van der Waals surface area contributed by atoms with Crippen molar-refractivity contribution >= 4 is 17.7 Å². The van der Waals surface area contributed by atoms with Crippen molar-refractivity contribution in [1.82, 2.24) is 5.32 Å². The molecule has 0 saturated carbocycles. The number of ether oxygens (including phenoxy) is 2.